The Kier molecular flexibility index (Phi) is 4.03. The molecule has 0 saturated heterocycles. The van der Waals surface area contributed by atoms with E-state index in [0.717, 1.165) is 32.1 Å². The van der Waals surface area contributed by atoms with E-state index in [1.807, 2.05) is 0 Å². The number of aliphatic hydroxyl groups is 1. The number of sulfonamides is 1. The van der Waals surface area contributed by atoms with Gasteiger partial charge in [0, 0.05) is 0 Å². The van der Waals surface area contributed by atoms with Crippen LogP contribution in [0.3, 0.4) is 0 Å². The first-order chi connectivity index (χ1) is 7.22. The number of nitrogens with one attached hydrogen (secondary N) is 1. The summed E-state index contributed by atoms with van der Waals surface area (Å²) in [6.45, 7) is 4.90. The highest BCUT2D eigenvalue weighted by Crippen LogP contribution is 2.30. The van der Waals surface area contributed by atoms with Crippen molar-refractivity contribution in [2.45, 2.75) is 63.2 Å². The van der Waals surface area contributed by atoms with Crippen LogP contribution in [-0.2, 0) is 10.0 Å². The van der Waals surface area contributed by atoms with E-state index in [9.17, 15) is 13.5 Å². The summed E-state index contributed by atoms with van der Waals surface area (Å²) in [5.74, 6) is 0. The van der Waals surface area contributed by atoms with Gasteiger partial charge in [0.1, 0.15) is 0 Å². The quantitative estimate of drug-likeness (QED) is 0.794. The molecular weight excluding hydrogens is 226 g/mol. The molecule has 0 spiro atoms. The van der Waals surface area contributed by atoms with Crippen molar-refractivity contribution in [2.75, 3.05) is 6.61 Å². The lowest BCUT2D eigenvalue weighted by molar-refractivity contribution is 0.141. The Morgan fingerprint density at radius 2 is 1.69 bits per heavy atom. The molecule has 0 amide bonds. The Morgan fingerprint density at radius 1 is 1.19 bits per heavy atom. The molecule has 0 aromatic heterocycles. The predicted octanol–water partition coefficient (Wildman–Crippen LogP) is 1.40. The van der Waals surface area contributed by atoms with Crippen LogP contribution < -0.4 is 4.72 Å². The van der Waals surface area contributed by atoms with Gasteiger partial charge in [-0.25, -0.2) is 13.1 Å². The van der Waals surface area contributed by atoms with Crippen LogP contribution in [0.4, 0.5) is 0 Å². The fraction of sp³-hybridized carbons (Fsp3) is 1.00. The lowest BCUT2D eigenvalue weighted by atomic mass is 9.83. The lowest BCUT2D eigenvalue weighted by Gasteiger charge is -2.38. The first-order valence-electron chi connectivity index (χ1n) is 5.87. The first-order valence-corrected chi connectivity index (χ1v) is 7.35. The van der Waals surface area contributed by atoms with Crippen molar-refractivity contribution in [3.8, 4) is 0 Å². The van der Waals surface area contributed by atoms with E-state index in [2.05, 4.69) is 4.72 Å². The second kappa shape index (κ2) is 4.63. The molecule has 4 nitrogen and oxygen atoms in total. The van der Waals surface area contributed by atoms with Crippen LogP contribution in [0.1, 0.15) is 52.9 Å². The van der Waals surface area contributed by atoms with Crippen LogP contribution in [-0.4, -0.2) is 30.4 Å². The Morgan fingerprint density at radius 3 is 2.06 bits per heavy atom. The van der Waals surface area contributed by atoms with Crippen LogP contribution in [0, 0.1) is 0 Å². The molecule has 16 heavy (non-hydrogen) atoms. The average molecular weight is 249 g/mol. The number of rotatable bonds is 3. The normalized spacial score (nSPS) is 22.0. The van der Waals surface area contributed by atoms with Crippen LogP contribution in [0.25, 0.3) is 0 Å². The minimum atomic E-state index is -3.38. The smallest absolute Gasteiger partial charge is 0.217 e. The van der Waals surface area contributed by atoms with Gasteiger partial charge in [-0.1, -0.05) is 19.3 Å². The molecule has 1 aliphatic carbocycles. The molecule has 0 aliphatic heterocycles. The maximum atomic E-state index is 12.1. The number of aliphatic hydroxyl groups excluding tert-OH is 1. The minimum Gasteiger partial charge on any atom is -0.394 e. The zero-order valence-corrected chi connectivity index (χ0v) is 11.2. The Labute approximate surface area is 98.5 Å². The van der Waals surface area contributed by atoms with E-state index in [4.69, 9.17) is 0 Å². The molecule has 5 heteroatoms. The van der Waals surface area contributed by atoms with Crippen molar-refractivity contribution in [2.24, 2.45) is 0 Å². The van der Waals surface area contributed by atoms with Gasteiger partial charge < -0.3 is 5.11 Å². The third kappa shape index (κ3) is 2.96. The highest BCUT2D eigenvalue weighted by atomic mass is 32.2. The van der Waals surface area contributed by atoms with Crippen molar-refractivity contribution in [1.82, 2.24) is 4.72 Å². The van der Waals surface area contributed by atoms with Crippen LogP contribution >= 0.6 is 0 Å². The summed E-state index contributed by atoms with van der Waals surface area (Å²) in [6, 6.07) is 0. The van der Waals surface area contributed by atoms with E-state index in [1.165, 1.54) is 0 Å². The van der Waals surface area contributed by atoms with E-state index in [1.54, 1.807) is 20.8 Å². The van der Waals surface area contributed by atoms with E-state index in [-0.39, 0.29) is 6.61 Å². The van der Waals surface area contributed by atoms with Crippen molar-refractivity contribution in [3.05, 3.63) is 0 Å². The van der Waals surface area contributed by atoms with Crippen LogP contribution in [0.2, 0.25) is 0 Å². The lowest BCUT2D eigenvalue weighted by Crippen LogP contribution is -2.56. The fourth-order valence-corrected chi connectivity index (χ4v) is 3.10. The van der Waals surface area contributed by atoms with E-state index in [0.29, 0.717) is 0 Å². The maximum Gasteiger partial charge on any atom is 0.217 e. The van der Waals surface area contributed by atoms with Gasteiger partial charge in [0.25, 0.3) is 0 Å². The topological polar surface area (TPSA) is 66.4 Å². The summed E-state index contributed by atoms with van der Waals surface area (Å²) >= 11 is 0. The zero-order valence-electron chi connectivity index (χ0n) is 10.4. The molecule has 0 unspecified atom stereocenters. The highest BCUT2D eigenvalue weighted by Gasteiger charge is 2.39. The third-order valence-electron chi connectivity index (χ3n) is 3.27. The van der Waals surface area contributed by atoms with Gasteiger partial charge in [0.15, 0.2) is 0 Å². The second-order valence-electron chi connectivity index (χ2n) is 5.72. The third-order valence-corrected chi connectivity index (χ3v) is 5.58. The van der Waals surface area contributed by atoms with E-state index < -0.39 is 20.3 Å². The molecule has 0 bridgehead atoms. The monoisotopic (exact) mass is 249 g/mol. The molecule has 0 radical (unpaired) electrons. The summed E-state index contributed by atoms with van der Waals surface area (Å²) in [4.78, 5) is 0. The van der Waals surface area contributed by atoms with Gasteiger partial charge in [-0.05, 0) is 33.6 Å². The Bertz CT molecular complexity index is 324. The molecule has 1 fully saturated rings. The number of hydrogen-bond acceptors (Lipinski definition) is 3. The maximum absolute atomic E-state index is 12.1. The molecule has 1 aliphatic rings. The molecule has 0 atom stereocenters. The van der Waals surface area contributed by atoms with Crippen LogP contribution in [0.15, 0.2) is 0 Å². The summed E-state index contributed by atoms with van der Waals surface area (Å²) in [5.41, 5.74) is -0.621. The van der Waals surface area contributed by atoms with Crippen molar-refractivity contribution < 1.29 is 13.5 Å². The summed E-state index contributed by atoms with van der Waals surface area (Å²) < 4.78 is 26.0. The van der Waals surface area contributed by atoms with E-state index >= 15 is 0 Å². The molecule has 1 rings (SSSR count). The second-order valence-corrected chi connectivity index (χ2v) is 8.15. The molecule has 0 aromatic carbocycles. The van der Waals surface area contributed by atoms with Crippen molar-refractivity contribution in [3.63, 3.8) is 0 Å². The molecular formula is C11H23NO3S. The largest absolute Gasteiger partial charge is 0.394 e. The summed E-state index contributed by atoms with van der Waals surface area (Å²) in [6.07, 6.45) is 4.55. The highest BCUT2D eigenvalue weighted by molar-refractivity contribution is 7.90. The molecule has 0 heterocycles. The van der Waals surface area contributed by atoms with Gasteiger partial charge in [0.05, 0.1) is 16.9 Å². The predicted molar refractivity (Wildman–Crippen MR) is 64.7 cm³/mol. The van der Waals surface area contributed by atoms with Crippen LogP contribution in [0.5, 0.6) is 0 Å². The SMILES string of the molecule is CC(C)(C)S(=O)(=O)NC1(CO)CCCCC1. The van der Waals surface area contributed by atoms with Crippen molar-refractivity contribution in [1.29, 1.82) is 0 Å². The molecule has 2 N–H and O–H groups in total. The fourth-order valence-electron chi connectivity index (χ4n) is 1.96. The molecule has 0 aromatic rings. The Hall–Kier alpha value is -0.130. The van der Waals surface area contributed by atoms with Gasteiger partial charge in [-0.15, -0.1) is 0 Å². The zero-order chi connectivity index (χ0) is 12.4. The standard InChI is InChI=1S/C11H23NO3S/c1-10(2,3)16(14,15)12-11(9-13)7-5-4-6-8-11/h12-13H,4-9H2,1-3H3. The molecule has 96 valence electrons. The average Bonchev–Trinajstić information content (AvgIpc) is 2.17. The first kappa shape index (κ1) is 13.9. The summed E-state index contributed by atoms with van der Waals surface area (Å²) in [7, 11) is -3.38. The summed E-state index contributed by atoms with van der Waals surface area (Å²) in [5, 5.41) is 9.44. The molecule has 1 saturated carbocycles. The minimum absolute atomic E-state index is 0.109. The Balaban J connectivity index is 2.85. The number of hydrogen-bond donors (Lipinski definition) is 2. The van der Waals surface area contributed by atoms with Gasteiger partial charge in [0.2, 0.25) is 10.0 Å². The van der Waals surface area contributed by atoms with Gasteiger partial charge >= 0.3 is 0 Å². The van der Waals surface area contributed by atoms with Gasteiger partial charge in [-0.2, -0.15) is 0 Å². The van der Waals surface area contributed by atoms with Crippen molar-refractivity contribution >= 4 is 10.0 Å². The van der Waals surface area contributed by atoms with Gasteiger partial charge in [-0.3, -0.25) is 0 Å².